The molecule has 20 heavy (non-hydrogen) atoms. The van der Waals surface area contributed by atoms with Gasteiger partial charge in [0.05, 0.1) is 0 Å². The molecule has 0 atom stereocenters. The van der Waals surface area contributed by atoms with Crippen molar-refractivity contribution in [1.29, 1.82) is 0 Å². The van der Waals surface area contributed by atoms with Gasteiger partial charge >= 0.3 is 142 Å². The van der Waals surface area contributed by atoms with E-state index >= 15 is 0 Å². The molecule has 0 aromatic carbocycles. The van der Waals surface area contributed by atoms with Crippen LogP contribution in [0.3, 0.4) is 0 Å². The molecule has 0 N–H and O–H groups in total. The maximum atomic E-state index is 3.20. The van der Waals surface area contributed by atoms with E-state index in [0.29, 0.717) is 10.1 Å². The number of hydrogen-bond donors (Lipinski definition) is 0. The Balaban J connectivity index is 3.52. The number of nitrogens with zero attached hydrogens (tertiary/aromatic N) is 2. The van der Waals surface area contributed by atoms with Crippen LogP contribution in [-0.4, -0.2) is 51.5 Å². The van der Waals surface area contributed by atoms with Crippen molar-refractivity contribution in [2.24, 2.45) is 0 Å². The van der Waals surface area contributed by atoms with Crippen molar-refractivity contribution in [3.05, 3.63) is 0 Å². The fourth-order valence-electron chi connectivity index (χ4n) is 4.04. The Kier molecular flexibility index (Phi) is 5.04. The van der Waals surface area contributed by atoms with Crippen LogP contribution >= 0.6 is 0 Å². The molecule has 1 heterocycles. The predicted octanol–water partition coefficient (Wildman–Crippen LogP) is 4.85. The van der Waals surface area contributed by atoms with Gasteiger partial charge in [0.25, 0.3) is 0 Å². The van der Waals surface area contributed by atoms with Gasteiger partial charge in [-0.25, -0.2) is 0 Å². The van der Waals surface area contributed by atoms with Crippen LogP contribution in [0.1, 0.15) is 41.5 Å². The minimum absolute atomic E-state index is 0.435. The first-order chi connectivity index (χ1) is 8.47. The molecule has 6 heteroatoms. The summed E-state index contributed by atoms with van der Waals surface area (Å²) >= 11 is -0.508. The Hall–Kier alpha value is 1.37. The van der Waals surface area contributed by atoms with Gasteiger partial charge in [0.15, 0.2) is 0 Å². The molecular weight excluding hydrogens is 399 g/mol. The van der Waals surface area contributed by atoms with E-state index in [0.717, 1.165) is 0 Å². The molecule has 0 aromatic heterocycles. The van der Waals surface area contributed by atoms with Crippen molar-refractivity contribution in [3.8, 4) is 0 Å². The summed E-state index contributed by atoms with van der Waals surface area (Å²) in [7, 11) is -4.01. The van der Waals surface area contributed by atoms with Crippen molar-refractivity contribution in [1.82, 2.24) is 4.91 Å². The third-order valence-corrected chi connectivity index (χ3v) is 39.3. The van der Waals surface area contributed by atoms with E-state index in [9.17, 15) is 0 Å². The summed E-state index contributed by atoms with van der Waals surface area (Å²) in [5.41, 5.74) is 0. The van der Waals surface area contributed by atoms with Crippen LogP contribution in [0, 0.1) is 0 Å². The fraction of sp³-hybridized carbons (Fsp3) is 1.00. The molecule has 2 radical (unpaired) electrons. The van der Waals surface area contributed by atoms with Crippen molar-refractivity contribution in [2.45, 2.75) is 90.9 Å². The normalized spacial score (nSPS) is 22.8. The second-order valence-electron chi connectivity index (χ2n) is 10.3. The van der Waals surface area contributed by atoms with Gasteiger partial charge in [-0.1, -0.05) is 0 Å². The third-order valence-electron chi connectivity index (χ3n) is 4.28. The Morgan fingerprint density at radius 1 is 0.650 bits per heavy atom. The van der Waals surface area contributed by atoms with Crippen LogP contribution in [0.25, 0.3) is 0 Å². The molecule has 0 aliphatic carbocycles. The SMILES string of the molecule is CC(C)(C)[Si]1(C(C)(C)C)[N]([Si](C)(C)C)[Sn][N]1[Si](C)(C)C. The van der Waals surface area contributed by atoms with E-state index in [1.165, 1.54) is 0 Å². The molecule has 2 nitrogen and oxygen atoms in total. The summed E-state index contributed by atoms with van der Waals surface area (Å²) in [5, 5.41) is 0.871. The van der Waals surface area contributed by atoms with Gasteiger partial charge in [-0.2, -0.15) is 0 Å². The van der Waals surface area contributed by atoms with Gasteiger partial charge < -0.3 is 0 Å². The number of hydrogen-bond acceptors (Lipinski definition) is 2. The minimum atomic E-state index is -1.61. The van der Waals surface area contributed by atoms with E-state index in [1.54, 1.807) is 0 Å². The second-order valence-corrected chi connectivity index (χ2v) is 34.2. The molecule has 1 aliphatic rings. The summed E-state index contributed by atoms with van der Waals surface area (Å²) in [6.45, 7) is 30.7. The van der Waals surface area contributed by atoms with Crippen molar-refractivity contribution in [2.75, 3.05) is 0 Å². The van der Waals surface area contributed by atoms with E-state index in [4.69, 9.17) is 0 Å². The Labute approximate surface area is 142 Å². The van der Waals surface area contributed by atoms with Crippen LogP contribution in [-0.2, 0) is 0 Å². The molecule has 0 spiro atoms. The first kappa shape index (κ1) is 19.4. The van der Waals surface area contributed by atoms with Gasteiger partial charge in [-0.05, 0) is 0 Å². The average molecular weight is 435 g/mol. The van der Waals surface area contributed by atoms with Gasteiger partial charge in [-0.15, -0.1) is 0 Å². The first-order valence-corrected chi connectivity index (χ1v) is 19.2. The van der Waals surface area contributed by atoms with Crippen LogP contribution in [0.2, 0.25) is 49.4 Å². The zero-order chi connectivity index (χ0) is 16.4. The number of rotatable bonds is 2. The van der Waals surface area contributed by atoms with Crippen molar-refractivity contribution >= 4 is 46.6 Å². The molecule has 0 aromatic rings. The monoisotopic (exact) mass is 436 g/mol. The van der Waals surface area contributed by atoms with Gasteiger partial charge in [0.2, 0.25) is 0 Å². The zero-order valence-corrected chi connectivity index (χ0v) is 21.7. The quantitative estimate of drug-likeness (QED) is 0.573. The molecule has 0 saturated carbocycles. The molecule has 1 aliphatic heterocycles. The van der Waals surface area contributed by atoms with E-state index in [1.807, 2.05) is 0 Å². The molecule has 118 valence electrons. The van der Waals surface area contributed by atoms with Crippen LogP contribution in [0.5, 0.6) is 0 Å². The third kappa shape index (κ3) is 2.91. The van der Waals surface area contributed by atoms with Crippen LogP contribution < -0.4 is 0 Å². The fourth-order valence-corrected chi connectivity index (χ4v) is 48.9. The van der Waals surface area contributed by atoms with Gasteiger partial charge in [0.1, 0.15) is 0 Å². The molecule has 0 amide bonds. The molecule has 1 saturated heterocycles. The zero-order valence-electron chi connectivity index (χ0n) is 15.9. The van der Waals surface area contributed by atoms with Gasteiger partial charge in [-0.3, -0.25) is 0 Å². The summed E-state index contributed by atoms with van der Waals surface area (Å²) in [5.74, 6) is 0. The molecular formula is C14H36N2Si3Sn. The summed E-state index contributed by atoms with van der Waals surface area (Å²) < 4.78 is 6.39. The molecule has 0 bridgehead atoms. The maximum absolute atomic E-state index is 3.20. The van der Waals surface area contributed by atoms with Crippen molar-refractivity contribution in [3.63, 3.8) is 0 Å². The van der Waals surface area contributed by atoms with E-state index < -0.39 is 46.6 Å². The topological polar surface area (TPSA) is 6.48 Å². The summed E-state index contributed by atoms with van der Waals surface area (Å²) in [6, 6.07) is 0. The molecule has 1 rings (SSSR count). The standard InChI is InChI=1S/C14H36N2Si3.Sn/c1-13(2,3)19(14(4,5)6,15-17(7,8)9)16-18(10,11)12;/h1-12H3;/q-2;+2. The van der Waals surface area contributed by atoms with Crippen molar-refractivity contribution < 1.29 is 0 Å². The summed E-state index contributed by atoms with van der Waals surface area (Å²) in [6.07, 6.45) is 0. The predicted molar refractivity (Wildman–Crippen MR) is 101 cm³/mol. The van der Waals surface area contributed by atoms with E-state index in [2.05, 4.69) is 85.7 Å². The molecule has 1 fully saturated rings. The Morgan fingerprint density at radius 3 is 1.05 bits per heavy atom. The second kappa shape index (κ2) is 5.19. The van der Waals surface area contributed by atoms with Crippen LogP contribution in [0.15, 0.2) is 0 Å². The summed E-state index contributed by atoms with van der Waals surface area (Å²) in [4.78, 5) is 0. The van der Waals surface area contributed by atoms with Gasteiger partial charge in [0, 0.05) is 0 Å². The van der Waals surface area contributed by atoms with E-state index in [-0.39, 0.29) is 0 Å². The van der Waals surface area contributed by atoms with Crippen LogP contribution in [0.4, 0.5) is 0 Å². The molecule has 0 unspecified atom stereocenters. The first-order valence-electron chi connectivity index (χ1n) is 7.84. The average Bonchev–Trinajstić information content (AvgIpc) is 1.86. The Morgan fingerprint density at radius 2 is 0.900 bits per heavy atom. The Bertz CT molecular complexity index is 336.